The number of rotatable bonds is 5. The van der Waals surface area contributed by atoms with Gasteiger partial charge in [-0.1, -0.05) is 15.9 Å². The zero-order valence-electron chi connectivity index (χ0n) is 13.1. The molecule has 3 N–H and O–H groups in total. The number of quaternary nitrogens is 1. The number of alkyl halides is 1. The molecule has 2 unspecified atom stereocenters. The maximum atomic E-state index is 12.7. The Hall–Kier alpha value is -1.19. The van der Waals surface area contributed by atoms with Gasteiger partial charge in [0.15, 0.2) is 18.3 Å². The predicted octanol–water partition coefficient (Wildman–Crippen LogP) is 1.73. The summed E-state index contributed by atoms with van der Waals surface area (Å²) in [6.45, 7) is 3.17. The van der Waals surface area contributed by atoms with Crippen molar-refractivity contribution < 1.29 is 20.1 Å². The van der Waals surface area contributed by atoms with E-state index < -0.39 is 17.1 Å². The first-order valence-electron chi connectivity index (χ1n) is 8.06. The summed E-state index contributed by atoms with van der Waals surface area (Å²) in [6.07, 6.45) is 6.01. The van der Waals surface area contributed by atoms with Crippen LogP contribution in [-0.4, -0.2) is 22.7 Å². The number of esters is 1. The number of nitrogens with zero attached hydrogens (tertiary/aromatic N) is 1. The molecule has 0 saturated heterocycles. The number of ketones is 1. The van der Waals surface area contributed by atoms with Crippen molar-refractivity contribution in [3.05, 3.63) is 12.3 Å². The molecule has 124 valence electrons. The Morgan fingerprint density at radius 1 is 1.35 bits per heavy atom. The molecule has 5 atom stereocenters. The highest BCUT2D eigenvalue weighted by Gasteiger charge is 2.60. The predicted molar refractivity (Wildman–Crippen MR) is 85.9 cm³/mol. The molecule has 5 nitrogen and oxygen atoms in total. The summed E-state index contributed by atoms with van der Waals surface area (Å²) in [5, 5.41) is 8.98. The van der Waals surface area contributed by atoms with Gasteiger partial charge in [0.1, 0.15) is 5.70 Å². The van der Waals surface area contributed by atoms with Crippen molar-refractivity contribution in [2.75, 3.05) is 6.61 Å². The molecule has 4 bridgehead atoms. The van der Waals surface area contributed by atoms with Gasteiger partial charge >= 0.3 is 5.97 Å². The molecule has 4 aliphatic rings. The van der Waals surface area contributed by atoms with Crippen LogP contribution in [0.1, 0.15) is 38.5 Å². The largest absolute Gasteiger partial charge is 0.457 e. The summed E-state index contributed by atoms with van der Waals surface area (Å²) < 4.78 is 5.40. The Morgan fingerprint density at radius 2 is 1.96 bits per heavy atom. The van der Waals surface area contributed by atoms with Crippen LogP contribution in [0, 0.1) is 34.5 Å². The van der Waals surface area contributed by atoms with Crippen molar-refractivity contribution in [3.63, 3.8) is 0 Å². The maximum Gasteiger partial charge on any atom is 0.312 e. The lowest BCUT2D eigenvalue weighted by Crippen LogP contribution is -2.56. The summed E-state index contributed by atoms with van der Waals surface area (Å²) in [7, 11) is 0. The first kappa shape index (κ1) is 16.7. The molecule has 4 aliphatic carbocycles. The van der Waals surface area contributed by atoms with E-state index in [1.54, 1.807) is 0 Å². The fraction of sp³-hybridized carbons (Fsp3) is 0.706. The van der Waals surface area contributed by atoms with Gasteiger partial charge in [-0.3, -0.25) is 9.59 Å². The zero-order valence-corrected chi connectivity index (χ0v) is 14.7. The van der Waals surface area contributed by atoms with Crippen LogP contribution in [0.15, 0.2) is 12.3 Å². The molecule has 23 heavy (non-hydrogen) atoms. The second-order valence-corrected chi connectivity index (χ2v) is 9.34. The van der Waals surface area contributed by atoms with Gasteiger partial charge in [0.2, 0.25) is 0 Å². The van der Waals surface area contributed by atoms with Crippen LogP contribution in [0.2, 0.25) is 0 Å². The van der Waals surface area contributed by atoms with E-state index in [1.165, 1.54) is 6.42 Å². The van der Waals surface area contributed by atoms with E-state index in [4.69, 9.17) is 10.00 Å². The molecule has 0 aliphatic heterocycles. The summed E-state index contributed by atoms with van der Waals surface area (Å²) in [5.41, 5.74) is 3.33. The summed E-state index contributed by atoms with van der Waals surface area (Å²) in [4.78, 5) is 24.7. The average molecular weight is 382 g/mol. The number of Topliss-reactive ketones (excluding diaryl/α,β-unsaturated/α-hetero) is 1. The number of carbonyl (C=O) groups excluding carboxylic acids is 2. The SMILES string of the molecule is C=C([NH3+])[C@H](C#N)C(=O)COC(=O)C12C[C@@H]3C[C@@H](CC(Br)(C3)C1)C2. The lowest BCUT2D eigenvalue weighted by atomic mass is 9.49. The van der Waals surface area contributed by atoms with Gasteiger partial charge in [0, 0.05) is 4.32 Å². The zero-order chi connectivity index (χ0) is 16.8. The van der Waals surface area contributed by atoms with E-state index in [-0.39, 0.29) is 22.6 Å². The minimum Gasteiger partial charge on any atom is -0.457 e. The summed E-state index contributed by atoms with van der Waals surface area (Å²) in [5.74, 6) is -0.563. The standard InChI is InChI=1S/C17H21BrN2O3/c1-10(20)13(7-19)14(21)8-23-15(22)16-3-11-2-12(4-16)6-17(18,5-11)9-16/h11-13H,1-6,8-9,20H2/p+1/t11-,12+,13-,16?,17?/m0/s1. The van der Waals surface area contributed by atoms with Gasteiger partial charge in [-0.05, 0) is 56.9 Å². The third-order valence-corrected chi connectivity index (χ3v) is 6.56. The Kier molecular flexibility index (Phi) is 4.14. The van der Waals surface area contributed by atoms with Gasteiger partial charge < -0.3 is 10.5 Å². The van der Waals surface area contributed by atoms with E-state index >= 15 is 0 Å². The molecule has 0 aromatic carbocycles. The highest BCUT2D eigenvalue weighted by Crippen LogP contribution is 2.64. The van der Waals surface area contributed by atoms with Crippen LogP contribution >= 0.6 is 15.9 Å². The van der Waals surface area contributed by atoms with Crippen LogP contribution in [0.4, 0.5) is 0 Å². The Bertz CT molecular complexity index is 595. The van der Waals surface area contributed by atoms with Crippen LogP contribution in [0.3, 0.4) is 0 Å². The smallest absolute Gasteiger partial charge is 0.312 e. The number of hydrogen-bond donors (Lipinski definition) is 1. The van der Waals surface area contributed by atoms with Crippen LogP contribution < -0.4 is 5.73 Å². The quantitative estimate of drug-likeness (QED) is 0.579. The molecule has 4 saturated carbocycles. The van der Waals surface area contributed by atoms with Crippen molar-refractivity contribution in [2.45, 2.75) is 42.8 Å². The number of ether oxygens (including phenoxy) is 1. The third kappa shape index (κ3) is 2.97. The number of allylic oxidation sites excluding steroid dienone is 1. The van der Waals surface area contributed by atoms with Crippen molar-refractivity contribution in [1.29, 1.82) is 5.26 Å². The maximum absolute atomic E-state index is 12.7. The minimum atomic E-state index is -0.998. The van der Waals surface area contributed by atoms with E-state index in [2.05, 4.69) is 28.2 Å². The highest BCUT2D eigenvalue weighted by molar-refractivity contribution is 9.10. The number of hydrogen-bond acceptors (Lipinski definition) is 4. The highest BCUT2D eigenvalue weighted by atomic mass is 79.9. The average Bonchev–Trinajstić information content (AvgIpc) is 2.42. The van der Waals surface area contributed by atoms with Crippen molar-refractivity contribution in [2.24, 2.45) is 23.2 Å². The first-order valence-corrected chi connectivity index (χ1v) is 8.85. The normalized spacial score (nSPS) is 38.7. The van der Waals surface area contributed by atoms with Crippen molar-refractivity contribution in [1.82, 2.24) is 0 Å². The van der Waals surface area contributed by atoms with Crippen LogP contribution in [0.5, 0.6) is 0 Å². The Labute approximate surface area is 144 Å². The van der Waals surface area contributed by atoms with E-state index in [1.807, 2.05) is 6.07 Å². The lowest BCUT2D eigenvalue weighted by Gasteiger charge is -2.58. The Balaban J connectivity index is 1.66. The molecule has 0 amide bonds. The monoisotopic (exact) mass is 381 g/mol. The number of carbonyl (C=O) groups is 2. The molecule has 4 fully saturated rings. The fourth-order valence-corrected chi connectivity index (χ4v) is 6.61. The van der Waals surface area contributed by atoms with Gasteiger partial charge in [-0.25, -0.2) is 0 Å². The van der Waals surface area contributed by atoms with Gasteiger partial charge in [0.05, 0.1) is 11.5 Å². The lowest BCUT2D eigenvalue weighted by molar-refractivity contribution is -0.309. The third-order valence-electron chi connectivity index (χ3n) is 5.63. The van der Waals surface area contributed by atoms with E-state index in [0.717, 1.165) is 32.1 Å². The van der Waals surface area contributed by atoms with Gasteiger partial charge in [-0.2, -0.15) is 5.26 Å². The molecule has 0 aromatic heterocycles. The second-order valence-electron chi connectivity index (χ2n) is 7.66. The van der Waals surface area contributed by atoms with Gasteiger partial charge in [0.25, 0.3) is 0 Å². The first-order chi connectivity index (χ1) is 10.8. The Morgan fingerprint density at radius 3 is 2.43 bits per heavy atom. The van der Waals surface area contributed by atoms with E-state index in [9.17, 15) is 9.59 Å². The molecular formula is C17H22BrN2O3+. The summed E-state index contributed by atoms with van der Waals surface area (Å²) in [6, 6.07) is 1.86. The molecule has 4 rings (SSSR count). The summed E-state index contributed by atoms with van der Waals surface area (Å²) >= 11 is 3.86. The molecule has 6 heteroatoms. The fourth-order valence-electron chi connectivity index (χ4n) is 5.15. The molecule has 0 radical (unpaired) electrons. The molecule has 0 heterocycles. The van der Waals surface area contributed by atoms with Gasteiger partial charge in [-0.15, -0.1) is 0 Å². The molecule has 0 spiro atoms. The van der Waals surface area contributed by atoms with Crippen molar-refractivity contribution in [3.8, 4) is 6.07 Å². The topological polar surface area (TPSA) is 94.8 Å². The minimum absolute atomic E-state index is 0.0664. The molecule has 0 aromatic rings. The number of halogens is 1. The number of nitriles is 1. The van der Waals surface area contributed by atoms with Crippen LogP contribution in [-0.2, 0) is 14.3 Å². The van der Waals surface area contributed by atoms with Crippen molar-refractivity contribution >= 4 is 27.7 Å². The second kappa shape index (κ2) is 5.71. The van der Waals surface area contributed by atoms with Crippen LogP contribution in [0.25, 0.3) is 0 Å². The van der Waals surface area contributed by atoms with E-state index in [0.29, 0.717) is 11.8 Å². The molecular weight excluding hydrogens is 360 g/mol.